The van der Waals surface area contributed by atoms with E-state index in [2.05, 4.69) is 13.2 Å². The Bertz CT molecular complexity index is 819. The van der Waals surface area contributed by atoms with E-state index >= 15 is 0 Å². The lowest BCUT2D eigenvalue weighted by Crippen LogP contribution is -2.28. The van der Waals surface area contributed by atoms with Crippen molar-refractivity contribution < 1.29 is 33.1 Å². The van der Waals surface area contributed by atoms with Crippen LogP contribution in [0.3, 0.4) is 0 Å². The Morgan fingerprint density at radius 1 is 0.875 bits per heavy atom. The molecule has 0 aromatic heterocycles. The summed E-state index contributed by atoms with van der Waals surface area (Å²) < 4.78 is 35.8. The molecule has 8 heteroatoms. The van der Waals surface area contributed by atoms with Crippen LogP contribution in [-0.4, -0.2) is 37.0 Å². The summed E-state index contributed by atoms with van der Waals surface area (Å²) in [5.74, 6) is -0.0118. The lowest BCUT2D eigenvalue weighted by molar-refractivity contribution is -0.122. The molecule has 32 heavy (non-hydrogen) atoms. The largest absolute Gasteiger partial charge is 0.490 e. The first-order chi connectivity index (χ1) is 15.4. The highest BCUT2D eigenvalue weighted by Gasteiger charge is 2.30. The summed E-state index contributed by atoms with van der Waals surface area (Å²) in [4.78, 5) is 24.7. The van der Waals surface area contributed by atoms with Gasteiger partial charge in [0.25, 0.3) is 0 Å². The van der Waals surface area contributed by atoms with Crippen molar-refractivity contribution in [3.63, 3.8) is 0 Å². The second kappa shape index (κ2) is 14.4. The lowest BCUT2D eigenvalue weighted by Gasteiger charge is -2.25. The molecule has 1 aromatic carbocycles. The summed E-state index contributed by atoms with van der Waals surface area (Å²) in [6, 6.07) is 1.54. The maximum absolute atomic E-state index is 12.3. The van der Waals surface area contributed by atoms with E-state index in [0.29, 0.717) is 38.9 Å². The van der Waals surface area contributed by atoms with Crippen molar-refractivity contribution in [2.45, 2.75) is 65.6 Å². The van der Waals surface area contributed by atoms with E-state index in [9.17, 15) is 14.2 Å². The molecule has 0 heterocycles. The average molecular weight is 464 g/mol. The Hall–Kier alpha value is -2.66. The highest BCUT2D eigenvalue weighted by molar-refractivity contribution is 7.34. The summed E-state index contributed by atoms with van der Waals surface area (Å²) in [5, 5.41) is 0.288. The molecule has 1 aromatic rings. The summed E-state index contributed by atoms with van der Waals surface area (Å²) >= 11 is 0. The van der Waals surface area contributed by atoms with E-state index in [-0.39, 0.29) is 48.3 Å². The number of carbonyl (C=O) groups excluding carboxylic acids is 2. The molecule has 0 bridgehead atoms. The molecule has 0 N–H and O–H groups in total. The van der Waals surface area contributed by atoms with E-state index in [1.54, 1.807) is 19.9 Å². The van der Waals surface area contributed by atoms with Gasteiger partial charge in [-0.2, -0.15) is 0 Å². The van der Waals surface area contributed by atoms with Crippen LogP contribution in [0.25, 0.3) is 0 Å². The molecule has 0 amide bonds. The van der Waals surface area contributed by atoms with Crippen LogP contribution >= 0.6 is 8.46 Å². The highest BCUT2D eigenvalue weighted by atomic mass is 31.1. The molecule has 176 valence electrons. The molecule has 0 aliphatic carbocycles. The molecule has 2 unspecified atom stereocenters. The van der Waals surface area contributed by atoms with Gasteiger partial charge in [0.1, 0.15) is 0 Å². The third kappa shape index (κ3) is 7.20. The number of hydrogen-bond donors (Lipinski definition) is 0. The second-order valence-electron chi connectivity index (χ2n) is 6.91. The minimum atomic E-state index is -0.869. The maximum Gasteiger partial charge on any atom is 0.209 e. The van der Waals surface area contributed by atoms with Crippen LogP contribution in [-0.2, 0) is 14.2 Å². The Kier molecular flexibility index (Phi) is 12.3. The zero-order valence-electron chi connectivity index (χ0n) is 19.3. The Labute approximate surface area is 192 Å². The first-order valence-electron chi connectivity index (χ1n) is 10.9. The Morgan fingerprint density at radius 3 is 1.81 bits per heavy atom. The zero-order valence-corrected chi connectivity index (χ0v) is 20.2. The van der Waals surface area contributed by atoms with Gasteiger partial charge in [0.15, 0.2) is 43.7 Å². The van der Waals surface area contributed by atoms with Gasteiger partial charge in [-0.25, -0.2) is 0 Å². The van der Waals surface area contributed by atoms with E-state index < -0.39 is 12.2 Å². The maximum atomic E-state index is 12.3. The summed E-state index contributed by atoms with van der Waals surface area (Å²) in [7, 11) is -0.319. The van der Waals surface area contributed by atoms with Gasteiger partial charge in [0, 0.05) is 6.07 Å². The SMILES string of the molecule is C=CC(=O)C(CC)Oc1c(OCCC)cc(P=O)c(OCCC)c1OC(CC)C(=O)C=C. The first-order valence-corrected chi connectivity index (χ1v) is 11.7. The minimum absolute atomic E-state index is 0.0720. The van der Waals surface area contributed by atoms with Gasteiger partial charge < -0.3 is 18.9 Å². The molecular weight excluding hydrogens is 431 g/mol. The molecule has 0 radical (unpaired) electrons. The van der Waals surface area contributed by atoms with Crippen LogP contribution in [0.15, 0.2) is 31.4 Å². The smallest absolute Gasteiger partial charge is 0.209 e. The topological polar surface area (TPSA) is 88.1 Å². The molecule has 0 aliphatic rings. The molecule has 0 spiro atoms. The molecule has 0 saturated heterocycles. The third-order valence-corrected chi connectivity index (χ3v) is 4.97. The van der Waals surface area contributed by atoms with Crippen LogP contribution < -0.4 is 24.3 Å². The molecule has 7 nitrogen and oxygen atoms in total. The van der Waals surface area contributed by atoms with Gasteiger partial charge in [-0.1, -0.05) is 40.9 Å². The fourth-order valence-electron chi connectivity index (χ4n) is 2.77. The minimum Gasteiger partial charge on any atom is -0.490 e. The average Bonchev–Trinajstić information content (AvgIpc) is 2.82. The van der Waals surface area contributed by atoms with Gasteiger partial charge in [0.2, 0.25) is 11.5 Å². The van der Waals surface area contributed by atoms with Gasteiger partial charge >= 0.3 is 0 Å². The third-order valence-electron chi connectivity index (χ3n) is 4.45. The van der Waals surface area contributed by atoms with Crippen LogP contribution in [0.5, 0.6) is 23.0 Å². The predicted octanol–water partition coefficient (Wildman–Crippen LogP) is 5.01. The number of benzene rings is 1. The van der Waals surface area contributed by atoms with Gasteiger partial charge in [-0.15, -0.1) is 0 Å². The molecule has 1 rings (SSSR count). The van der Waals surface area contributed by atoms with Crippen molar-refractivity contribution in [1.29, 1.82) is 0 Å². The molecular formula is C24H33O7P. The summed E-state index contributed by atoms with van der Waals surface area (Å²) in [5.41, 5.74) is 0. The first kappa shape index (κ1) is 27.4. The zero-order chi connectivity index (χ0) is 24.1. The fraction of sp³-hybridized carbons (Fsp3) is 0.500. The van der Waals surface area contributed by atoms with Crippen molar-refractivity contribution in [2.24, 2.45) is 0 Å². The van der Waals surface area contributed by atoms with Crippen molar-refractivity contribution in [2.75, 3.05) is 13.2 Å². The van der Waals surface area contributed by atoms with Crippen molar-refractivity contribution in [1.82, 2.24) is 0 Å². The monoisotopic (exact) mass is 464 g/mol. The highest BCUT2D eigenvalue weighted by Crippen LogP contribution is 2.46. The quantitative estimate of drug-likeness (QED) is 0.237. The van der Waals surface area contributed by atoms with Gasteiger partial charge in [0.05, 0.1) is 18.5 Å². The van der Waals surface area contributed by atoms with Gasteiger partial charge in [-0.3, -0.25) is 14.2 Å². The predicted molar refractivity (Wildman–Crippen MR) is 125 cm³/mol. The summed E-state index contributed by atoms with van der Waals surface area (Å²) in [6.07, 6.45) is 2.78. The van der Waals surface area contributed by atoms with E-state index in [4.69, 9.17) is 18.9 Å². The van der Waals surface area contributed by atoms with Crippen LogP contribution in [0.2, 0.25) is 0 Å². The van der Waals surface area contributed by atoms with Crippen LogP contribution in [0.1, 0.15) is 53.4 Å². The number of carbonyl (C=O) groups is 2. The Morgan fingerprint density at radius 2 is 1.38 bits per heavy atom. The normalized spacial score (nSPS) is 12.5. The molecule has 0 saturated carbocycles. The standard InChI is InChI=1S/C24H33O7P/c1-7-13-28-20-15-21(32-27)23(29-14-8-2)24(31-19(12-6)17(26)10-4)22(20)30-18(11-5)16(25)9-3/h9-10,15,18-19H,3-4,7-8,11-14H2,1-2,5-6H3. The number of rotatable bonds is 17. The van der Waals surface area contributed by atoms with E-state index in [1.165, 1.54) is 12.2 Å². The molecule has 0 aliphatic heterocycles. The molecule has 0 fully saturated rings. The molecule has 2 atom stereocenters. The van der Waals surface area contributed by atoms with Crippen LogP contribution in [0.4, 0.5) is 0 Å². The van der Waals surface area contributed by atoms with E-state index in [1.807, 2.05) is 13.8 Å². The summed E-state index contributed by atoms with van der Waals surface area (Å²) in [6.45, 7) is 15.2. The number of hydrogen-bond acceptors (Lipinski definition) is 7. The van der Waals surface area contributed by atoms with Crippen molar-refractivity contribution in [3.8, 4) is 23.0 Å². The fourth-order valence-corrected chi connectivity index (χ4v) is 3.19. The van der Waals surface area contributed by atoms with Crippen LogP contribution in [0, 0.1) is 0 Å². The number of ether oxygens (including phenoxy) is 4. The Balaban J connectivity index is 3.79. The number of ketones is 2. The van der Waals surface area contributed by atoms with Crippen molar-refractivity contribution in [3.05, 3.63) is 31.4 Å². The van der Waals surface area contributed by atoms with E-state index in [0.717, 1.165) is 0 Å². The van der Waals surface area contributed by atoms with Crippen molar-refractivity contribution >= 4 is 25.3 Å². The van der Waals surface area contributed by atoms with Gasteiger partial charge in [-0.05, 0) is 37.8 Å². The second-order valence-corrected chi connectivity index (χ2v) is 7.58. The lowest BCUT2D eigenvalue weighted by atomic mass is 10.1.